The summed E-state index contributed by atoms with van der Waals surface area (Å²) in [6, 6.07) is 6.94. The smallest absolute Gasteiger partial charge is 0.247 e. The summed E-state index contributed by atoms with van der Waals surface area (Å²) in [7, 11) is 1.60. The van der Waals surface area contributed by atoms with Crippen molar-refractivity contribution in [3.05, 3.63) is 29.8 Å². The van der Waals surface area contributed by atoms with Crippen molar-refractivity contribution in [3.8, 4) is 5.75 Å². The van der Waals surface area contributed by atoms with Gasteiger partial charge in [0.25, 0.3) is 0 Å². The van der Waals surface area contributed by atoms with Crippen molar-refractivity contribution < 1.29 is 19.1 Å². The molecule has 0 radical (unpaired) electrons. The number of methoxy groups -OCH3 is 1. The number of carbonyl (C=O) groups excluding carboxylic acids is 3. The van der Waals surface area contributed by atoms with E-state index in [9.17, 15) is 14.4 Å². The van der Waals surface area contributed by atoms with Gasteiger partial charge in [0.1, 0.15) is 11.3 Å². The molecule has 3 heterocycles. The number of hydrogen-bond donors (Lipinski definition) is 1. The Kier molecular flexibility index (Phi) is 6.29. The van der Waals surface area contributed by atoms with Crippen LogP contribution in [0.3, 0.4) is 0 Å². The molecule has 3 aliphatic heterocycles. The summed E-state index contributed by atoms with van der Waals surface area (Å²) < 4.78 is 5.16. The molecule has 8 heteroatoms. The Bertz CT molecular complexity index is 826. The first kappa shape index (κ1) is 21.8. The number of imide groups is 1. The Morgan fingerprint density at radius 1 is 1.06 bits per heavy atom. The minimum Gasteiger partial charge on any atom is -0.497 e. The first-order valence-corrected chi connectivity index (χ1v) is 11.2. The van der Waals surface area contributed by atoms with Crippen LogP contribution in [-0.2, 0) is 20.9 Å². The molecule has 3 fully saturated rings. The number of nitrogens with zero attached hydrogens (tertiary/aromatic N) is 3. The molecular formula is C23H32N4O4. The lowest BCUT2D eigenvalue weighted by Crippen LogP contribution is -2.64. The molecular weight excluding hydrogens is 396 g/mol. The molecule has 4 rings (SSSR count). The molecule has 0 saturated carbocycles. The Morgan fingerprint density at radius 3 is 2.29 bits per heavy atom. The summed E-state index contributed by atoms with van der Waals surface area (Å²) in [5.41, 5.74) is 6.14. The van der Waals surface area contributed by atoms with Crippen LogP contribution in [0.2, 0.25) is 0 Å². The number of amides is 3. The number of hydrogen-bond acceptors (Lipinski definition) is 6. The van der Waals surface area contributed by atoms with Crippen LogP contribution < -0.4 is 10.5 Å². The standard InChI is InChI=1S/C23H32N4O4/c1-31-18-7-5-17(6-8-18)16-27-20(28)15-19(21(27)29)25-13-9-23(10-14-25,22(24)30)26-11-3-2-4-12-26/h5-8,19H,2-4,9-16H2,1H3,(H2,24,30)/t19-/m0/s1. The van der Waals surface area contributed by atoms with Crippen molar-refractivity contribution in [1.29, 1.82) is 0 Å². The number of benzene rings is 1. The zero-order chi connectivity index (χ0) is 22.0. The number of piperidine rings is 2. The second-order valence-corrected chi connectivity index (χ2v) is 8.87. The predicted molar refractivity (Wildman–Crippen MR) is 115 cm³/mol. The van der Waals surface area contributed by atoms with Crippen molar-refractivity contribution >= 4 is 17.7 Å². The van der Waals surface area contributed by atoms with E-state index >= 15 is 0 Å². The summed E-state index contributed by atoms with van der Waals surface area (Å²) in [4.78, 5) is 43.8. The van der Waals surface area contributed by atoms with E-state index in [2.05, 4.69) is 9.80 Å². The lowest BCUT2D eigenvalue weighted by Gasteiger charge is -2.48. The van der Waals surface area contributed by atoms with E-state index in [1.54, 1.807) is 7.11 Å². The molecule has 0 bridgehead atoms. The molecule has 0 aromatic heterocycles. The zero-order valence-corrected chi connectivity index (χ0v) is 18.2. The minimum atomic E-state index is -0.620. The molecule has 2 N–H and O–H groups in total. The molecule has 1 aromatic rings. The first-order valence-electron chi connectivity index (χ1n) is 11.2. The van der Waals surface area contributed by atoms with Crippen LogP contribution in [-0.4, -0.2) is 77.3 Å². The molecule has 0 spiro atoms. The van der Waals surface area contributed by atoms with E-state index in [0.29, 0.717) is 25.9 Å². The average Bonchev–Trinajstić information content (AvgIpc) is 3.08. The van der Waals surface area contributed by atoms with Gasteiger partial charge in [0.05, 0.1) is 26.1 Å². The highest BCUT2D eigenvalue weighted by Gasteiger charge is 2.49. The number of primary amides is 1. The van der Waals surface area contributed by atoms with Crippen molar-refractivity contribution in [2.45, 2.75) is 56.7 Å². The average molecular weight is 429 g/mol. The van der Waals surface area contributed by atoms with Crippen LogP contribution >= 0.6 is 0 Å². The van der Waals surface area contributed by atoms with E-state index in [1.165, 1.54) is 11.3 Å². The third-order valence-electron chi connectivity index (χ3n) is 7.21. The Morgan fingerprint density at radius 2 is 1.71 bits per heavy atom. The summed E-state index contributed by atoms with van der Waals surface area (Å²) in [5.74, 6) is 0.184. The fourth-order valence-corrected chi connectivity index (χ4v) is 5.28. The van der Waals surface area contributed by atoms with Crippen molar-refractivity contribution in [1.82, 2.24) is 14.7 Å². The van der Waals surface area contributed by atoms with Gasteiger partial charge in [0.2, 0.25) is 17.7 Å². The second-order valence-electron chi connectivity index (χ2n) is 8.87. The van der Waals surface area contributed by atoms with Crippen LogP contribution in [0.4, 0.5) is 0 Å². The van der Waals surface area contributed by atoms with Crippen LogP contribution in [0.1, 0.15) is 44.1 Å². The Labute approximate surface area is 183 Å². The molecule has 1 aromatic carbocycles. The fourth-order valence-electron chi connectivity index (χ4n) is 5.28. The highest BCUT2D eigenvalue weighted by molar-refractivity contribution is 6.05. The summed E-state index contributed by atoms with van der Waals surface area (Å²) in [6.07, 6.45) is 4.80. The molecule has 3 saturated heterocycles. The van der Waals surface area contributed by atoms with Crippen molar-refractivity contribution in [2.24, 2.45) is 5.73 Å². The van der Waals surface area contributed by atoms with E-state index in [0.717, 1.165) is 37.2 Å². The van der Waals surface area contributed by atoms with E-state index in [1.807, 2.05) is 24.3 Å². The normalized spacial score (nSPS) is 25.1. The topological polar surface area (TPSA) is 96.2 Å². The van der Waals surface area contributed by atoms with Gasteiger partial charge in [0, 0.05) is 13.1 Å². The second kappa shape index (κ2) is 8.96. The molecule has 3 aliphatic rings. The molecule has 1 atom stereocenters. The minimum absolute atomic E-state index is 0.145. The summed E-state index contributed by atoms with van der Waals surface area (Å²) >= 11 is 0. The summed E-state index contributed by atoms with van der Waals surface area (Å²) in [6.45, 7) is 3.27. The van der Waals surface area contributed by atoms with Crippen molar-refractivity contribution in [2.75, 3.05) is 33.3 Å². The van der Waals surface area contributed by atoms with Gasteiger partial charge >= 0.3 is 0 Å². The van der Waals surface area contributed by atoms with Gasteiger partial charge in [0.15, 0.2) is 0 Å². The highest BCUT2D eigenvalue weighted by atomic mass is 16.5. The van der Waals surface area contributed by atoms with Gasteiger partial charge in [-0.3, -0.25) is 29.1 Å². The molecule has 3 amide bonds. The number of rotatable bonds is 6. The quantitative estimate of drug-likeness (QED) is 0.683. The molecule has 0 aliphatic carbocycles. The van der Waals surface area contributed by atoms with Gasteiger partial charge < -0.3 is 10.5 Å². The van der Waals surface area contributed by atoms with Crippen LogP contribution in [0.5, 0.6) is 5.75 Å². The number of nitrogens with two attached hydrogens (primary N) is 1. The molecule has 8 nitrogen and oxygen atoms in total. The number of ether oxygens (including phenoxy) is 1. The maximum absolute atomic E-state index is 13.1. The monoisotopic (exact) mass is 428 g/mol. The first-order chi connectivity index (χ1) is 14.9. The maximum Gasteiger partial charge on any atom is 0.247 e. The lowest BCUT2D eigenvalue weighted by molar-refractivity contribution is -0.141. The molecule has 168 valence electrons. The zero-order valence-electron chi connectivity index (χ0n) is 18.2. The van der Waals surface area contributed by atoms with Crippen molar-refractivity contribution in [3.63, 3.8) is 0 Å². The van der Waals surface area contributed by atoms with Gasteiger partial charge in [-0.05, 0) is 56.5 Å². The van der Waals surface area contributed by atoms with Gasteiger partial charge in [-0.2, -0.15) is 0 Å². The van der Waals surface area contributed by atoms with Gasteiger partial charge in [-0.15, -0.1) is 0 Å². The van der Waals surface area contributed by atoms with Crippen LogP contribution in [0.15, 0.2) is 24.3 Å². The largest absolute Gasteiger partial charge is 0.497 e. The van der Waals surface area contributed by atoms with E-state index < -0.39 is 11.6 Å². The predicted octanol–water partition coefficient (Wildman–Crippen LogP) is 1.13. The van der Waals surface area contributed by atoms with Gasteiger partial charge in [-0.1, -0.05) is 18.6 Å². The lowest BCUT2D eigenvalue weighted by atomic mass is 9.83. The maximum atomic E-state index is 13.1. The number of likely N-dealkylation sites (tertiary alicyclic amines) is 3. The third-order valence-corrected chi connectivity index (χ3v) is 7.21. The van der Waals surface area contributed by atoms with Crippen LogP contribution in [0, 0.1) is 0 Å². The van der Waals surface area contributed by atoms with Crippen LogP contribution in [0.25, 0.3) is 0 Å². The molecule has 31 heavy (non-hydrogen) atoms. The Balaban J connectivity index is 1.40. The Hall–Kier alpha value is -2.45. The summed E-state index contributed by atoms with van der Waals surface area (Å²) in [5, 5.41) is 0. The van der Waals surface area contributed by atoms with E-state index in [4.69, 9.17) is 10.5 Å². The van der Waals surface area contributed by atoms with E-state index in [-0.39, 0.29) is 30.7 Å². The number of carbonyl (C=O) groups is 3. The third kappa shape index (κ3) is 4.19. The van der Waals surface area contributed by atoms with Gasteiger partial charge in [-0.25, -0.2) is 0 Å². The fraction of sp³-hybridized carbons (Fsp3) is 0.609. The highest BCUT2D eigenvalue weighted by Crippen LogP contribution is 2.34. The SMILES string of the molecule is COc1ccc(CN2C(=O)C[C@H](N3CCC(C(N)=O)(N4CCCCC4)CC3)C2=O)cc1. The molecule has 0 unspecified atom stereocenters.